The average molecular weight is 600 g/mol. The lowest BCUT2D eigenvalue weighted by Gasteiger charge is -2.13. The highest BCUT2D eigenvalue weighted by molar-refractivity contribution is 6.19. The predicted molar refractivity (Wildman–Crippen MR) is 193 cm³/mol. The molecule has 0 aliphatic heterocycles. The lowest BCUT2D eigenvalue weighted by atomic mass is 9.95. The third kappa shape index (κ3) is 4.05. The number of nitrogens with zero attached hydrogens (tertiary/aromatic N) is 3. The van der Waals surface area contributed by atoms with Crippen LogP contribution in [-0.2, 0) is 0 Å². The van der Waals surface area contributed by atoms with Gasteiger partial charge in [-0.1, -0.05) is 133 Å². The van der Waals surface area contributed by atoms with Gasteiger partial charge in [-0.3, -0.25) is 0 Å². The highest BCUT2D eigenvalue weighted by Gasteiger charge is 2.18. The van der Waals surface area contributed by atoms with Gasteiger partial charge in [0.1, 0.15) is 11.2 Å². The SMILES string of the molecule is c1ccc2c(-c3nc(-c4ccc5c(c4)oc4ccccc45)nc(-c4cccc5c4ccc4c6ccccc6ccc54)n3)cccc2c1. The fourth-order valence-electron chi connectivity index (χ4n) is 7.08. The maximum absolute atomic E-state index is 6.26. The molecule has 0 atom stereocenters. The van der Waals surface area contributed by atoms with E-state index in [1.165, 1.54) is 26.9 Å². The second-order valence-electron chi connectivity index (χ2n) is 12.0. The van der Waals surface area contributed by atoms with Gasteiger partial charge in [-0.2, -0.15) is 0 Å². The zero-order chi connectivity index (χ0) is 30.9. The Morgan fingerprint density at radius 2 is 0.830 bits per heavy atom. The molecule has 2 heterocycles. The highest BCUT2D eigenvalue weighted by atomic mass is 16.3. The van der Waals surface area contributed by atoms with Crippen molar-refractivity contribution in [2.45, 2.75) is 0 Å². The van der Waals surface area contributed by atoms with Crippen molar-refractivity contribution in [3.8, 4) is 34.2 Å². The van der Waals surface area contributed by atoms with E-state index >= 15 is 0 Å². The van der Waals surface area contributed by atoms with E-state index in [4.69, 9.17) is 19.4 Å². The van der Waals surface area contributed by atoms with E-state index in [-0.39, 0.29) is 0 Å². The van der Waals surface area contributed by atoms with Crippen LogP contribution in [0.4, 0.5) is 0 Å². The molecule has 2 aromatic heterocycles. The second-order valence-corrected chi connectivity index (χ2v) is 12.0. The van der Waals surface area contributed by atoms with Crippen LogP contribution in [0.25, 0.3) is 99.2 Å². The minimum Gasteiger partial charge on any atom is -0.456 e. The summed E-state index contributed by atoms with van der Waals surface area (Å²) >= 11 is 0. The van der Waals surface area contributed by atoms with Crippen LogP contribution in [0.3, 0.4) is 0 Å². The number of furan rings is 1. The van der Waals surface area contributed by atoms with Crippen molar-refractivity contribution >= 4 is 65.0 Å². The van der Waals surface area contributed by atoms with Crippen LogP contribution in [0.1, 0.15) is 0 Å². The number of para-hydroxylation sites is 1. The van der Waals surface area contributed by atoms with Crippen LogP contribution < -0.4 is 0 Å². The molecule has 0 amide bonds. The number of rotatable bonds is 3. The molecular weight excluding hydrogens is 574 g/mol. The molecule has 0 radical (unpaired) electrons. The molecule has 0 saturated heterocycles. The molecule has 0 unspecified atom stereocenters. The number of fused-ring (bicyclic) bond motifs is 9. The number of benzene rings is 8. The molecule has 218 valence electrons. The largest absolute Gasteiger partial charge is 0.456 e. The van der Waals surface area contributed by atoms with E-state index in [1.54, 1.807) is 0 Å². The summed E-state index contributed by atoms with van der Waals surface area (Å²) in [6.07, 6.45) is 0. The van der Waals surface area contributed by atoms with E-state index in [0.29, 0.717) is 17.5 Å². The molecule has 0 aliphatic rings. The van der Waals surface area contributed by atoms with Crippen molar-refractivity contribution in [3.63, 3.8) is 0 Å². The van der Waals surface area contributed by atoms with Gasteiger partial charge in [-0.25, -0.2) is 15.0 Å². The summed E-state index contributed by atoms with van der Waals surface area (Å²) in [5.41, 5.74) is 4.48. The van der Waals surface area contributed by atoms with E-state index in [9.17, 15) is 0 Å². The van der Waals surface area contributed by atoms with Crippen molar-refractivity contribution in [3.05, 3.63) is 152 Å². The summed E-state index contributed by atoms with van der Waals surface area (Å²) in [6, 6.07) is 52.8. The number of hydrogen-bond acceptors (Lipinski definition) is 4. The summed E-state index contributed by atoms with van der Waals surface area (Å²) in [5, 5.41) is 11.6. The van der Waals surface area contributed by atoms with E-state index in [2.05, 4.69) is 127 Å². The first-order valence-electron chi connectivity index (χ1n) is 15.8. The van der Waals surface area contributed by atoms with E-state index in [1.807, 2.05) is 24.3 Å². The molecular formula is C43H25N3O. The van der Waals surface area contributed by atoms with Gasteiger partial charge in [0.2, 0.25) is 0 Å². The lowest BCUT2D eigenvalue weighted by Crippen LogP contribution is -2.01. The van der Waals surface area contributed by atoms with Crippen LogP contribution in [0, 0.1) is 0 Å². The lowest BCUT2D eigenvalue weighted by molar-refractivity contribution is 0.669. The van der Waals surface area contributed by atoms with E-state index in [0.717, 1.165) is 54.8 Å². The number of hydrogen-bond donors (Lipinski definition) is 0. The first-order valence-corrected chi connectivity index (χ1v) is 15.8. The first kappa shape index (κ1) is 25.9. The Bertz CT molecular complexity index is 2860. The van der Waals surface area contributed by atoms with Crippen molar-refractivity contribution in [2.75, 3.05) is 0 Å². The quantitative estimate of drug-likeness (QED) is 0.190. The Hall–Kier alpha value is -6.39. The molecule has 4 nitrogen and oxygen atoms in total. The predicted octanol–water partition coefficient (Wildman–Crippen LogP) is 11.4. The molecule has 10 rings (SSSR count). The number of aromatic nitrogens is 3. The van der Waals surface area contributed by atoms with Crippen molar-refractivity contribution in [2.24, 2.45) is 0 Å². The highest BCUT2D eigenvalue weighted by Crippen LogP contribution is 2.37. The molecule has 0 aliphatic carbocycles. The van der Waals surface area contributed by atoms with Crippen LogP contribution in [0.2, 0.25) is 0 Å². The molecule has 0 fully saturated rings. The zero-order valence-electron chi connectivity index (χ0n) is 25.2. The Balaban J connectivity index is 1.23. The van der Waals surface area contributed by atoms with Gasteiger partial charge in [-0.05, 0) is 61.3 Å². The zero-order valence-corrected chi connectivity index (χ0v) is 25.2. The Morgan fingerprint density at radius 3 is 1.68 bits per heavy atom. The molecule has 10 aromatic rings. The van der Waals surface area contributed by atoms with Crippen LogP contribution in [0.15, 0.2) is 156 Å². The van der Waals surface area contributed by atoms with Crippen LogP contribution in [-0.4, -0.2) is 15.0 Å². The van der Waals surface area contributed by atoms with Gasteiger partial charge in [0.05, 0.1) is 0 Å². The van der Waals surface area contributed by atoms with Gasteiger partial charge in [0.15, 0.2) is 17.5 Å². The van der Waals surface area contributed by atoms with Crippen molar-refractivity contribution in [1.82, 2.24) is 15.0 Å². The Kier molecular flexibility index (Phi) is 5.54. The minimum absolute atomic E-state index is 0.601. The average Bonchev–Trinajstić information content (AvgIpc) is 3.52. The fourth-order valence-corrected chi connectivity index (χ4v) is 7.08. The summed E-state index contributed by atoms with van der Waals surface area (Å²) in [7, 11) is 0. The molecule has 0 N–H and O–H groups in total. The minimum atomic E-state index is 0.601. The second kappa shape index (κ2) is 10.1. The normalized spacial score (nSPS) is 11.8. The topological polar surface area (TPSA) is 51.8 Å². The smallest absolute Gasteiger partial charge is 0.164 e. The summed E-state index contributed by atoms with van der Waals surface area (Å²) in [5.74, 6) is 1.87. The Labute approximate surface area is 269 Å². The van der Waals surface area contributed by atoms with Crippen molar-refractivity contribution in [1.29, 1.82) is 0 Å². The maximum Gasteiger partial charge on any atom is 0.164 e. The fraction of sp³-hybridized carbons (Fsp3) is 0. The summed E-state index contributed by atoms with van der Waals surface area (Å²) < 4.78 is 6.26. The van der Waals surface area contributed by atoms with E-state index < -0.39 is 0 Å². The first-order chi connectivity index (χ1) is 23.3. The molecule has 4 heteroatoms. The van der Waals surface area contributed by atoms with Gasteiger partial charge < -0.3 is 4.42 Å². The van der Waals surface area contributed by atoms with Crippen LogP contribution >= 0.6 is 0 Å². The third-order valence-corrected chi connectivity index (χ3v) is 9.33. The maximum atomic E-state index is 6.26. The third-order valence-electron chi connectivity index (χ3n) is 9.33. The molecule has 0 bridgehead atoms. The molecule has 0 saturated carbocycles. The van der Waals surface area contributed by atoms with Gasteiger partial charge in [-0.15, -0.1) is 0 Å². The van der Waals surface area contributed by atoms with Crippen LogP contribution in [0.5, 0.6) is 0 Å². The molecule has 8 aromatic carbocycles. The van der Waals surface area contributed by atoms with Gasteiger partial charge in [0, 0.05) is 27.5 Å². The van der Waals surface area contributed by atoms with Gasteiger partial charge in [0.25, 0.3) is 0 Å². The monoisotopic (exact) mass is 599 g/mol. The Morgan fingerprint density at radius 1 is 0.319 bits per heavy atom. The molecule has 0 spiro atoms. The van der Waals surface area contributed by atoms with Crippen molar-refractivity contribution < 1.29 is 4.42 Å². The summed E-state index contributed by atoms with van der Waals surface area (Å²) in [6.45, 7) is 0. The standard InChI is InChI=1S/C43H25N3O/c1-4-13-30-26(9-1)11-7-16-37(30)42-44-41(28-20-22-36-35-14-5-6-18-39(35)47-40(36)25-28)45-43(46-42)38-17-8-15-31-33-21-19-27-10-2-3-12-29(27)32(33)23-24-34(31)38/h1-25H. The van der Waals surface area contributed by atoms with Gasteiger partial charge >= 0.3 is 0 Å². The summed E-state index contributed by atoms with van der Waals surface area (Å²) in [4.78, 5) is 15.4. The molecule has 47 heavy (non-hydrogen) atoms.